The maximum absolute atomic E-state index is 13.1. The van der Waals surface area contributed by atoms with Crippen LogP contribution < -0.4 is 9.62 Å². The molecule has 1 amide bonds. The van der Waals surface area contributed by atoms with E-state index in [9.17, 15) is 13.2 Å². The van der Waals surface area contributed by atoms with Crippen LogP contribution in [0.3, 0.4) is 0 Å². The van der Waals surface area contributed by atoms with Gasteiger partial charge in [0.1, 0.15) is 5.58 Å². The molecule has 0 radical (unpaired) electrons. The predicted molar refractivity (Wildman–Crippen MR) is 127 cm³/mol. The molecule has 0 aliphatic rings. The number of anilines is 2. The second-order valence-corrected chi connectivity index (χ2v) is 9.45. The van der Waals surface area contributed by atoms with E-state index in [1.54, 1.807) is 67.8 Å². The Hall–Kier alpha value is -3.29. The van der Waals surface area contributed by atoms with Crippen LogP contribution in [-0.4, -0.2) is 20.9 Å². The van der Waals surface area contributed by atoms with E-state index in [2.05, 4.69) is 5.32 Å². The second-order valence-electron chi connectivity index (χ2n) is 7.16. The van der Waals surface area contributed by atoms with E-state index in [0.717, 1.165) is 10.9 Å². The van der Waals surface area contributed by atoms with E-state index < -0.39 is 10.0 Å². The molecule has 1 heterocycles. The van der Waals surface area contributed by atoms with Crippen LogP contribution in [0.25, 0.3) is 11.0 Å². The Bertz CT molecular complexity index is 1350. The molecule has 0 saturated carbocycles. The van der Waals surface area contributed by atoms with Crippen molar-refractivity contribution in [2.45, 2.75) is 18.2 Å². The Labute approximate surface area is 191 Å². The molecule has 0 saturated heterocycles. The van der Waals surface area contributed by atoms with Crippen LogP contribution in [0.2, 0.25) is 5.02 Å². The van der Waals surface area contributed by atoms with E-state index in [4.69, 9.17) is 16.0 Å². The minimum atomic E-state index is -3.72. The molecule has 164 valence electrons. The molecule has 0 spiro atoms. The Kier molecular flexibility index (Phi) is 6.21. The van der Waals surface area contributed by atoms with E-state index in [1.807, 2.05) is 6.07 Å². The van der Waals surface area contributed by atoms with Gasteiger partial charge in [-0.3, -0.25) is 9.10 Å². The lowest BCUT2D eigenvalue weighted by Crippen LogP contribution is -2.30. The summed E-state index contributed by atoms with van der Waals surface area (Å²) in [6.45, 7) is 2.08. The minimum absolute atomic E-state index is 0.102. The van der Waals surface area contributed by atoms with Crippen molar-refractivity contribution >= 4 is 49.9 Å². The first-order valence-corrected chi connectivity index (χ1v) is 11.8. The number of nitrogens with one attached hydrogen (secondary N) is 1. The maximum Gasteiger partial charge on any atom is 0.264 e. The number of fused-ring (bicyclic) bond motifs is 1. The van der Waals surface area contributed by atoms with Crippen molar-refractivity contribution in [3.05, 3.63) is 89.6 Å². The molecule has 4 rings (SSSR count). The number of benzene rings is 3. The SMILES string of the molecule is CCN(c1ccccc1)S(=O)(=O)c1ccc(NC(=O)Cc2coc3ccc(Cl)cc23)cc1. The van der Waals surface area contributed by atoms with E-state index >= 15 is 0 Å². The topological polar surface area (TPSA) is 79.6 Å². The monoisotopic (exact) mass is 468 g/mol. The number of amides is 1. The third-order valence-electron chi connectivity index (χ3n) is 5.02. The quantitative estimate of drug-likeness (QED) is 0.389. The summed E-state index contributed by atoms with van der Waals surface area (Å²) < 4.78 is 33.0. The van der Waals surface area contributed by atoms with Crippen molar-refractivity contribution in [2.75, 3.05) is 16.2 Å². The average Bonchev–Trinajstić information content (AvgIpc) is 3.17. The Balaban J connectivity index is 1.48. The highest BCUT2D eigenvalue weighted by molar-refractivity contribution is 7.92. The summed E-state index contributed by atoms with van der Waals surface area (Å²) in [4.78, 5) is 12.7. The van der Waals surface area contributed by atoms with Gasteiger partial charge in [0.05, 0.1) is 23.3 Å². The van der Waals surface area contributed by atoms with Crippen LogP contribution in [0.4, 0.5) is 11.4 Å². The smallest absolute Gasteiger partial charge is 0.264 e. The first-order chi connectivity index (χ1) is 15.4. The lowest BCUT2D eigenvalue weighted by atomic mass is 10.1. The number of nitrogens with zero attached hydrogens (tertiary/aromatic N) is 1. The molecule has 0 fully saturated rings. The summed E-state index contributed by atoms with van der Waals surface area (Å²) in [5.41, 5.74) is 2.48. The average molecular weight is 469 g/mol. The van der Waals surface area contributed by atoms with Gasteiger partial charge in [-0.1, -0.05) is 29.8 Å². The largest absolute Gasteiger partial charge is 0.464 e. The van der Waals surface area contributed by atoms with E-state index in [-0.39, 0.29) is 17.2 Å². The summed E-state index contributed by atoms with van der Waals surface area (Å²) in [7, 11) is -3.72. The number of carbonyl (C=O) groups is 1. The molecule has 0 bridgehead atoms. The van der Waals surface area contributed by atoms with Crippen molar-refractivity contribution in [3.63, 3.8) is 0 Å². The Morgan fingerprint density at radius 3 is 2.44 bits per heavy atom. The normalized spacial score (nSPS) is 11.4. The number of carbonyl (C=O) groups excluding carboxylic acids is 1. The van der Waals surface area contributed by atoms with Gasteiger partial charge in [0.2, 0.25) is 5.91 Å². The zero-order chi connectivity index (χ0) is 22.7. The van der Waals surface area contributed by atoms with Crippen molar-refractivity contribution in [3.8, 4) is 0 Å². The van der Waals surface area contributed by atoms with Crippen molar-refractivity contribution < 1.29 is 17.6 Å². The van der Waals surface area contributed by atoms with Crippen LogP contribution >= 0.6 is 11.6 Å². The lowest BCUT2D eigenvalue weighted by Gasteiger charge is -2.23. The van der Waals surface area contributed by atoms with Crippen molar-refractivity contribution in [1.82, 2.24) is 0 Å². The summed E-state index contributed by atoms with van der Waals surface area (Å²) in [5.74, 6) is -0.247. The van der Waals surface area contributed by atoms with Crippen LogP contribution in [0.5, 0.6) is 0 Å². The van der Waals surface area contributed by atoms with Crippen LogP contribution in [0.1, 0.15) is 12.5 Å². The lowest BCUT2D eigenvalue weighted by molar-refractivity contribution is -0.115. The van der Waals surface area contributed by atoms with Gasteiger partial charge in [-0.15, -0.1) is 0 Å². The zero-order valence-corrected chi connectivity index (χ0v) is 18.9. The second kappa shape index (κ2) is 9.06. The number of hydrogen-bond donors (Lipinski definition) is 1. The van der Waals surface area contributed by atoms with E-state index in [1.165, 1.54) is 16.4 Å². The fraction of sp³-hybridized carbons (Fsp3) is 0.125. The molecular formula is C24H21ClN2O4S. The summed E-state index contributed by atoms with van der Waals surface area (Å²) in [6, 6.07) is 20.3. The molecule has 0 unspecified atom stereocenters. The molecule has 1 N–H and O–H groups in total. The number of halogens is 1. The standard InChI is InChI=1S/C24H21ClN2O4S/c1-2-27(20-6-4-3-5-7-20)32(29,30)21-11-9-19(10-12-21)26-24(28)14-17-16-31-23-13-8-18(25)15-22(17)23/h3-13,15-16H,2,14H2,1H3,(H,26,28). The van der Waals surface area contributed by atoms with Crippen molar-refractivity contribution in [2.24, 2.45) is 0 Å². The molecule has 0 aliphatic carbocycles. The van der Waals surface area contributed by atoms with Crippen LogP contribution in [0, 0.1) is 0 Å². The van der Waals surface area contributed by atoms with Gasteiger partial charge in [0.15, 0.2) is 0 Å². The third kappa shape index (κ3) is 4.49. The van der Waals surface area contributed by atoms with Gasteiger partial charge in [0.25, 0.3) is 10.0 Å². The Morgan fingerprint density at radius 1 is 1.03 bits per heavy atom. The van der Waals surface area contributed by atoms with Gasteiger partial charge < -0.3 is 9.73 Å². The van der Waals surface area contributed by atoms with Gasteiger partial charge in [0, 0.05) is 28.2 Å². The number of hydrogen-bond acceptors (Lipinski definition) is 4. The van der Waals surface area contributed by atoms with Gasteiger partial charge >= 0.3 is 0 Å². The molecule has 0 aliphatic heterocycles. The Morgan fingerprint density at radius 2 is 1.75 bits per heavy atom. The summed E-state index contributed by atoms with van der Waals surface area (Å²) in [5, 5.41) is 4.14. The highest BCUT2D eigenvalue weighted by atomic mass is 35.5. The van der Waals surface area contributed by atoms with Crippen LogP contribution in [0.15, 0.2) is 88.4 Å². The number of furan rings is 1. The van der Waals surface area contributed by atoms with Crippen molar-refractivity contribution in [1.29, 1.82) is 0 Å². The minimum Gasteiger partial charge on any atom is -0.464 e. The molecular weight excluding hydrogens is 448 g/mol. The number of sulfonamides is 1. The predicted octanol–water partition coefficient (Wildman–Crippen LogP) is 5.48. The fourth-order valence-corrected chi connectivity index (χ4v) is 5.14. The highest BCUT2D eigenvalue weighted by Gasteiger charge is 2.23. The van der Waals surface area contributed by atoms with E-state index in [0.29, 0.717) is 28.5 Å². The fourth-order valence-electron chi connectivity index (χ4n) is 3.49. The molecule has 8 heteroatoms. The first-order valence-electron chi connectivity index (χ1n) is 10.0. The van der Waals surface area contributed by atoms with Gasteiger partial charge in [-0.25, -0.2) is 8.42 Å². The molecule has 32 heavy (non-hydrogen) atoms. The summed E-state index contributed by atoms with van der Waals surface area (Å²) >= 11 is 6.04. The molecule has 0 atom stereocenters. The highest BCUT2D eigenvalue weighted by Crippen LogP contribution is 2.26. The van der Waals surface area contributed by atoms with Crippen LogP contribution in [-0.2, 0) is 21.2 Å². The van der Waals surface area contributed by atoms with Gasteiger partial charge in [-0.2, -0.15) is 0 Å². The summed E-state index contributed by atoms with van der Waals surface area (Å²) in [6.07, 6.45) is 1.64. The zero-order valence-electron chi connectivity index (χ0n) is 17.3. The third-order valence-corrected chi connectivity index (χ3v) is 7.18. The molecule has 4 aromatic rings. The van der Waals surface area contributed by atoms with Gasteiger partial charge in [-0.05, 0) is 61.5 Å². The maximum atomic E-state index is 13.1. The molecule has 6 nitrogen and oxygen atoms in total. The molecule has 3 aromatic carbocycles. The molecule has 1 aromatic heterocycles. The number of para-hydroxylation sites is 1. The number of rotatable bonds is 7. The first kappa shape index (κ1) is 21.9.